The Balaban J connectivity index is 2.20. The van der Waals surface area contributed by atoms with E-state index in [-0.39, 0.29) is 22.0 Å². The third-order valence-electron chi connectivity index (χ3n) is 2.91. The molecule has 7 nitrogen and oxygen atoms in total. The third-order valence-corrected chi connectivity index (χ3v) is 3.93. The van der Waals surface area contributed by atoms with Crippen molar-refractivity contribution in [1.29, 1.82) is 0 Å². The molecule has 0 aromatic carbocycles. The van der Waals surface area contributed by atoms with E-state index in [2.05, 4.69) is 5.10 Å². The van der Waals surface area contributed by atoms with Crippen molar-refractivity contribution in [3.8, 4) is 0 Å². The summed E-state index contributed by atoms with van der Waals surface area (Å²) >= 11 is 0.670. The first-order valence-corrected chi connectivity index (χ1v) is 7.00. The van der Waals surface area contributed by atoms with Crippen LogP contribution in [0.25, 0.3) is 0 Å². The molecular weight excluding hydrogens is 337 g/mol. The molecule has 0 atom stereocenters. The average molecular weight is 348 g/mol. The number of nitrogens with zero attached hydrogens (tertiary/aromatic N) is 4. The van der Waals surface area contributed by atoms with Gasteiger partial charge >= 0.3 is 11.2 Å². The molecule has 0 saturated heterocycles. The van der Waals surface area contributed by atoms with Crippen LogP contribution in [0.4, 0.5) is 18.2 Å². The van der Waals surface area contributed by atoms with Gasteiger partial charge in [0.15, 0.2) is 5.69 Å². The molecule has 0 aliphatic heterocycles. The van der Waals surface area contributed by atoms with Gasteiger partial charge in [0.1, 0.15) is 0 Å². The van der Waals surface area contributed by atoms with Gasteiger partial charge in [0.2, 0.25) is 0 Å². The Labute approximate surface area is 132 Å². The third kappa shape index (κ3) is 3.67. The number of aryl methyl sites for hydroxylation is 1. The van der Waals surface area contributed by atoms with Crippen molar-refractivity contribution >= 4 is 22.2 Å². The summed E-state index contributed by atoms with van der Waals surface area (Å²) in [7, 11) is 2.67. The number of hydrogen-bond acceptors (Lipinski definition) is 5. The predicted molar refractivity (Wildman–Crippen MR) is 75.0 cm³/mol. The number of alkyl halides is 3. The number of hydrogen-bond donors (Lipinski definition) is 0. The molecule has 124 valence electrons. The van der Waals surface area contributed by atoms with E-state index in [0.717, 1.165) is 9.58 Å². The Bertz CT molecular complexity index is 753. The number of halogens is 3. The second kappa shape index (κ2) is 5.99. The van der Waals surface area contributed by atoms with Crippen LogP contribution < -0.4 is 0 Å². The van der Waals surface area contributed by atoms with Crippen molar-refractivity contribution in [3.05, 3.63) is 44.6 Å². The van der Waals surface area contributed by atoms with Crippen molar-refractivity contribution in [2.45, 2.75) is 12.7 Å². The molecule has 0 saturated carbocycles. The summed E-state index contributed by atoms with van der Waals surface area (Å²) in [6.07, 6.45) is -3.44. The standard InChI is InChI=1S/C12H11F3N4O3S/c1-17(11(20)8-3-4-9(23-8)19(21)22)5-7-6-18(2)16-10(7)12(13,14)15/h3-4,6H,5H2,1-2H3. The quantitative estimate of drug-likeness (QED) is 0.628. The SMILES string of the molecule is CN(Cc1cn(C)nc1C(F)(F)F)C(=O)c1ccc([N+](=O)[O-])s1. The lowest BCUT2D eigenvalue weighted by molar-refractivity contribution is -0.380. The molecule has 1 amide bonds. The lowest BCUT2D eigenvalue weighted by atomic mass is 10.2. The van der Waals surface area contributed by atoms with Crippen molar-refractivity contribution < 1.29 is 22.9 Å². The summed E-state index contributed by atoms with van der Waals surface area (Å²) in [5.41, 5.74) is -1.21. The molecule has 23 heavy (non-hydrogen) atoms. The number of carbonyl (C=O) groups is 1. The largest absolute Gasteiger partial charge is 0.435 e. The maximum absolute atomic E-state index is 12.9. The van der Waals surface area contributed by atoms with Crippen LogP contribution in [0.3, 0.4) is 0 Å². The maximum atomic E-state index is 12.9. The highest BCUT2D eigenvalue weighted by molar-refractivity contribution is 7.17. The number of rotatable bonds is 4. The van der Waals surface area contributed by atoms with Crippen LogP contribution in [-0.4, -0.2) is 32.6 Å². The van der Waals surface area contributed by atoms with Gasteiger partial charge in [-0.25, -0.2) is 0 Å². The maximum Gasteiger partial charge on any atom is 0.435 e. The van der Waals surface area contributed by atoms with Crippen LogP contribution >= 0.6 is 11.3 Å². The fraction of sp³-hybridized carbons (Fsp3) is 0.333. The summed E-state index contributed by atoms with van der Waals surface area (Å²) < 4.78 is 39.6. The molecule has 0 aliphatic rings. The number of nitro groups is 1. The van der Waals surface area contributed by atoms with E-state index in [1.807, 2.05) is 0 Å². The molecule has 2 aromatic heterocycles. The lowest BCUT2D eigenvalue weighted by Gasteiger charge is -2.16. The lowest BCUT2D eigenvalue weighted by Crippen LogP contribution is -2.26. The minimum absolute atomic E-state index is 0.0802. The molecule has 11 heteroatoms. The van der Waals surface area contributed by atoms with Gasteiger partial charge < -0.3 is 4.90 Å². The van der Waals surface area contributed by atoms with E-state index in [4.69, 9.17) is 0 Å². The molecular formula is C12H11F3N4O3S. The molecule has 0 aliphatic carbocycles. The van der Waals surface area contributed by atoms with Crippen LogP contribution in [0.2, 0.25) is 0 Å². The Morgan fingerprint density at radius 2 is 2.13 bits per heavy atom. The minimum Gasteiger partial charge on any atom is -0.337 e. The minimum atomic E-state index is -4.62. The fourth-order valence-corrected chi connectivity index (χ4v) is 2.76. The van der Waals surface area contributed by atoms with Crippen molar-refractivity contribution in [2.75, 3.05) is 7.05 Å². The Morgan fingerprint density at radius 1 is 1.48 bits per heavy atom. The highest BCUT2D eigenvalue weighted by Crippen LogP contribution is 2.31. The Hall–Kier alpha value is -2.43. The average Bonchev–Trinajstić information content (AvgIpc) is 3.04. The zero-order valence-corrected chi connectivity index (χ0v) is 12.8. The van der Waals surface area contributed by atoms with Crippen molar-refractivity contribution in [1.82, 2.24) is 14.7 Å². The summed E-state index contributed by atoms with van der Waals surface area (Å²) in [6.45, 7) is -0.312. The van der Waals surface area contributed by atoms with E-state index in [0.29, 0.717) is 11.3 Å². The molecule has 0 N–H and O–H groups in total. The number of thiophene rings is 1. The first-order valence-electron chi connectivity index (χ1n) is 6.19. The molecule has 0 fully saturated rings. The summed E-state index contributed by atoms with van der Waals surface area (Å²) in [5.74, 6) is -0.597. The first kappa shape index (κ1) is 16.9. The fourth-order valence-electron chi connectivity index (χ4n) is 1.95. The van der Waals surface area contributed by atoms with E-state index >= 15 is 0 Å². The van der Waals surface area contributed by atoms with E-state index < -0.39 is 22.7 Å². The van der Waals surface area contributed by atoms with Crippen LogP contribution in [0.5, 0.6) is 0 Å². The highest BCUT2D eigenvalue weighted by atomic mass is 32.1. The number of amides is 1. The van der Waals surface area contributed by atoms with Gasteiger partial charge in [-0.05, 0) is 6.07 Å². The monoisotopic (exact) mass is 348 g/mol. The van der Waals surface area contributed by atoms with Gasteiger partial charge in [0.25, 0.3) is 5.91 Å². The summed E-state index contributed by atoms with van der Waals surface area (Å²) in [6, 6.07) is 2.45. The van der Waals surface area contributed by atoms with E-state index in [1.54, 1.807) is 0 Å². The Morgan fingerprint density at radius 3 is 2.65 bits per heavy atom. The van der Waals surface area contributed by atoms with Crippen LogP contribution in [0, 0.1) is 10.1 Å². The highest BCUT2D eigenvalue weighted by Gasteiger charge is 2.37. The zero-order valence-electron chi connectivity index (χ0n) is 12.0. The van der Waals surface area contributed by atoms with E-state index in [9.17, 15) is 28.1 Å². The zero-order chi connectivity index (χ0) is 17.4. The molecule has 0 radical (unpaired) electrons. The molecule has 0 unspecified atom stereocenters. The van der Waals surface area contributed by atoms with Crippen LogP contribution in [0.1, 0.15) is 20.9 Å². The normalized spacial score (nSPS) is 11.5. The van der Waals surface area contributed by atoms with Gasteiger partial charge in [-0.2, -0.15) is 18.3 Å². The molecule has 2 aromatic rings. The second-order valence-electron chi connectivity index (χ2n) is 4.73. The molecule has 0 spiro atoms. The van der Waals surface area contributed by atoms with Crippen LogP contribution in [0.15, 0.2) is 18.3 Å². The van der Waals surface area contributed by atoms with Crippen molar-refractivity contribution in [2.24, 2.45) is 7.05 Å². The second-order valence-corrected chi connectivity index (χ2v) is 5.79. The van der Waals surface area contributed by atoms with Crippen molar-refractivity contribution in [3.63, 3.8) is 0 Å². The van der Waals surface area contributed by atoms with Gasteiger partial charge in [0.05, 0.1) is 9.80 Å². The number of aromatic nitrogens is 2. The summed E-state index contributed by atoms with van der Waals surface area (Å²) in [5, 5.41) is 13.8. The smallest absolute Gasteiger partial charge is 0.337 e. The Kier molecular flexibility index (Phi) is 4.41. The van der Waals surface area contributed by atoms with Gasteiger partial charge in [0, 0.05) is 38.5 Å². The van der Waals surface area contributed by atoms with E-state index in [1.165, 1.54) is 32.4 Å². The predicted octanol–water partition coefficient (Wildman–Crippen LogP) is 2.68. The molecule has 2 rings (SSSR count). The first-order chi connectivity index (χ1) is 10.6. The topological polar surface area (TPSA) is 81.3 Å². The van der Waals surface area contributed by atoms with Crippen LogP contribution in [-0.2, 0) is 19.8 Å². The van der Waals surface area contributed by atoms with Gasteiger partial charge in [-0.1, -0.05) is 11.3 Å². The summed E-state index contributed by atoms with van der Waals surface area (Å²) in [4.78, 5) is 23.3. The van der Waals surface area contributed by atoms with Gasteiger partial charge in [-0.3, -0.25) is 19.6 Å². The molecule has 2 heterocycles. The molecule has 0 bridgehead atoms. The number of carbonyl (C=O) groups excluding carboxylic acids is 1. The van der Waals surface area contributed by atoms with Gasteiger partial charge in [-0.15, -0.1) is 0 Å².